The number of benzene rings is 1. The van der Waals surface area contributed by atoms with E-state index < -0.39 is 6.04 Å². The first kappa shape index (κ1) is 22.0. The van der Waals surface area contributed by atoms with Crippen LogP contribution in [0.25, 0.3) is 0 Å². The van der Waals surface area contributed by atoms with Crippen LogP contribution in [0.15, 0.2) is 30.6 Å². The second kappa shape index (κ2) is 10.2. The maximum Gasteiger partial charge on any atom is 0.242 e. The summed E-state index contributed by atoms with van der Waals surface area (Å²) in [6, 6.07) is 5.62. The number of hydrogen-bond acceptors (Lipinski definition) is 4. The Morgan fingerprint density at radius 1 is 1.38 bits per heavy atom. The standard InChI is InChI=1S/C19H28N4O2.ClH/c1-6-14(3)25-17-9-13(2)7-8-15(17)10-21-19(24)18(20-4)16-11-22-23(5)12-16;/h7-9,11-12,14,18,20H,6,10H2,1-5H3,(H,21,24);1H. The molecule has 2 N–H and O–H groups in total. The molecule has 1 amide bonds. The Balaban J connectivity index is 0.00000338. The second-order valence-electron chi connectivity index (χ2n) is 6.33. The van der Waals surface area contributed by atoms with Gasteiger partial charge in [0.1, 0.15) is 11.8 Å². The number of amides is 1. The van der Waals surface area contributed by atoms with E-state index in [1.54, 1.807) is 17.9 Å². The lowest BCUT2D eigenvalue weighted by Crippen LogP contribution is -2.35. The van der Waals surface area contributed by atoms with Gasteiger partial charge in [0, 0.05) is 30.9 Å². The van der Waals surface area contributed by atoms with Gasteiger partial charge < -0.3 is 15.4 Å². The van der Waals surface area contributed by atoms with Crippen molar-refractivity contribution in [2.45, 2.75) is 45.9 Å². The van der Waals surface area contributed by atoms with Crippen LogP contribution in [0.1, 0.15) is 43.0 Å². The summed E-state index contributed by atoms with van der Waals surface area (Å²) in [6.45, 7) is 6.59. The van der Waals surface area contributed by atoms with Crippen molar-refractivity contribution in [1.29, 1.82) is 0 Å². The van der Waals surface area contributed by atoms with E-state index in [1.807, 2.05) is 45.3 Å². The van der Waals surface area contributed by atoms with Crippen molar-refractivity contribution < 1.29 is 9.53 Å². The largest absolute Gasteiger partial charge is 0.490 e. The third-order valence-electron chi connectivity index (χ3n) is 4.19. The number of likely N-dealkylation sites (N-methyl/N-ethyl adjacent to an activating group) is 1. The molecule has 1 aromatic heterocycles. The van der Waals surface area contributed by atoms with E-state index in [0.717, 1.165) is 28.9 Å². The minimum atomic E-state index is -0.432. The number of aryl methyl sites for hydroxylation is 2. The highest BCUT2D eigenvalue weighted by Gasteiger charge is 2.20. The summed E-state index contributed by atoms with van der Waals surface area (Å²) in [5.41, 5.74) is 2.94. The Bertz CT molecular complexity index is 717. The van der Waals surface area contributed by atoms with Crippen LogP contribution in [-0.4, -0.2) is 28.8 Å². The summed E-state index contributed by atoms with van der Waals surface area (Å²) in [4.78, 5) is 12.6. The predicted octanol–water partition coefficient (Wildman–Crippen LogP) is 2.90. The fourth-order valence-electron chi connectivity index (χ4n) is 2.54. The van der Waals surface area contributed by atoms with Crippen LogP contribution in [0.5, 0.6) is 5.75 Å². The highest BCUT2D eigenvalue weighted by Crippen LogP contribution is 2.22. The van der Waals surface area contributed by atoms with Gasteiger partial charge in [-0.3, -0.25) is 9.48 Å². The zero-order valence-corrected chi connectivity index (χ0v) is 16.9. The molecule has 144 valence electrons. The summed E-state index contributed by atoms with van der Waals surface area (Å²) < 4.78 is 7.69. The molecule has 1 heterocycles. The number of aromatic nitrogens is 2. The molecular formula is C19H29ClN4O2. The highest BCUT2D eigenvalue weighted by molar-refractivity contribution is 5.85. The van der Waals surface area contributed by atoms with E-state index in [4.69, 9.17) is 4.74 Å². The van der Waals surface area contributed by atoms with E-state index in [-0.39, 0.29) is 24.4 Å². The first-order valence-electron chi connectivity index (χ1n) is 8.64. The quantitative estimate of drug-likeness (QED) is 0.738. The number of carbonyl (C=O) groups is 1. The van der Waals surface area contributed by atoms with E-state index >= 15 is 0 Å². The van der Waals surface area contributed by atoms with Gasteiger partial charge in [0.25, 0.3) is 0 Å². The summed E-state index contributed by atoms with van der Waals surface area (Å²) in [7, 11) is 3.60. The average molecular weight is 381 g/mol. The van der Waals surface area contributed by atoms with Crippen molar-refractivity contribution in [2.24, 2.45) is 7.05 Å². The van der Waals surface area contributed by atoms with Gasteiger partial charge in [-0.1, -0.05) is 19.1 Å². The third kappa shape index (κ3) is 5.75. The minimum Gasteiger partial charge on any atom is -0.490 e. The van der Waals surface area contributed by atoms with Gasteiger partial charge in [-0.15, -0.1) is 12.4 Å². The number of halogens is 1. The lowest BCUT2D eigenvalue weighted by molar-refractivity contribution is -0.123. The Hall–Kier alpha value is -2.05. The molecule has 0 fully saturated rings. The molecule has 2 aromatic rings. The maximum atomic E-state index is 12.6. The molecule has 2 atom stereocenters. The lowest BCUT2D eigenvalue weighted by atomic mass is 10.1. The molecule has 0 bridgehead atoms. The van der Waals surface area contributed by atoms with Gasteiger partial charge >= 0.3 is 0 Å². The van der Waals surface area contributed by atoms with Crippen molar-refractivity contribution in [3.63, 3.8) is 0 Å². The molecule has 26 heavy (non-hydrogen) atoms. The lowest BCUT2D eigenvalue weighted by Gasteiger charge is -2.19. The summed E-state index contributed by atoms with van der Waals surface area (Å²) in [6.07, 6.45) is 4.60. The smallest absolute Gasteiger partial charge is 0.242 e. The van der Waals surface area contributed by atoms with Crippen LogP contribution < -0.4 is 15.4 Å². The van der Waals surface area contributed by atoms with Gasteiger partial charge in [-0.05, 0) is 38.9 Å². The third-order valence-corrected chi connectivity index (χ3v) is 4.19. The minimum absolute atomic E-state index is 0. The molecule has 2 unspecified atom stereocenters. The van der Waals surface area contributed by atoms with Crippen molar-refractivity contribution >= 4 is 18.3 Å². The van der Waals surface area contributed by atoms with Crippen LogP contribution in [0.4, 0.5) is 0 Å². The zero-order chi connectivity index (χ0) is 18.4. The van der Waals surface area contributed by atoms with Crippen LogP contribution in [-0.2, 0) is 18.4 Å². The van der Waals surface area contributed by atoms with Gasteiger partial charge in [0.15, 0.2) is 0 Å². The molecule has 7 heteroatoms. The number of nitrogens with zero attached hydrogens (tertiary/aromatic N) is 2. The average Bonchev–Trinajstić information content (AvgIpc) is 3.00. The first-order chi connectivity index (χ1) is 11.9. The number of rotatable bonds is 8. The fourth-order valence-corrected chi connectivity index (χ4v) is 2.54. The zero-order valence-electron chi connectivity index (χ0n) is 16.1. The van der Waals surface area contributed by atoms with Gasteiger partial charge in [-0.2, -0.15) is 5.10 Å². The monoisotopic (exact) mass is 380 g/mol. The van der Waals surface area contributed by atoms with Crippen LogP contribution in [0.3, 0.4) is 0 Å². The molecule has 0 saturated heterocycles. The number of ether oxygens (including phenoxy) is 1. The molecule has 0 saturated carbocycles. The summed E-state index contributed by atoms with van der Waals surface area (Å²) in [5.74, 6) is 0.739. The van der Waals surface area contributed by atoms with E-state index in [2.05, 4.69) is 22.7 Å². The molecule has 0 radical (unpaired) electrons. The van der Waals surface area contributed by atoms with Crippen LogP contribution in [0.2, 0.25) is 0 Å². The number of nitrogens with one attached hydrogen (secondary N) is 2. The topological polar surface area (TPSA) is 68.2 Å². The number of hydrogen-bond donors (Lipinski definition) is 2. The van der Waals surface area contributed by atoms with E-state index in [9.17, 15) is 4.79 Å². The first-order valence-corrected chi connectivity index (χ1v) is 8.64. The van der Waals surface area contributed by atoms with Crippen molar-refractivity contribution in [2.75, 3.05) is 7.05 Å². The summed E-state index contributed by atoms with van der Waals surface area (Å²) in [5, 5.41) is 10.2. The van der Waals surface area contributed by atoms with Gasteiger partial charge in [0.05, 0.1) is 12.3 Å². The summed E-state index contributed by atoms with van der Waals surface area (Å²) >= 11 is 0. The van der Waals surface area contributed by atoms with Crippen molar-refractivity contribution in [3.05, 3.63) is 47.3 Å². The SMILES string of the molecule is CCC(C)Oc1cc(C)ccc1CNC(=O)C(NC)c1cnn(C)c1.Cl. The molecule has 0 aliphatic rings. The Kier molecular flexibility index (Phi) is 8.61. The van der Waals surface area contributed by atoms with Gasteiger partial charge in [0.2, 0.25) is 5.91 Å². The fraction of sp³-hybridized carbons (Fsp3) is 0.474. The number of carbonyl (C=O) groups excluding carboxylic acids is 1. The second-order valence-corrected chi connectivity index (χ2v) is 6.33. The Morgan fingerprint density at radius 3 is 2.69 bits per heavy atom. The van der Waals surface area contributed by atoms with Crippen LogP contribution >= 0.6 is 12.4 Å². The molecule has 1 aromatic carbocycles. The molecule has 0 spiro atoms. The maximum absolute atomic E-state index is 12.6. The Labute approximate surface area is 161 Å². The molecule has 0 aliphatic carbocycles. The van der Waals surface area contributed by atoms with E-state index in [0.29, 0.717) is 6.54 Å². The molecule has 6 nitrogen and oxygen atoms in total. The normalized spacial score (nSPS) is 12.8. The van der Waals surface area contributed by atoms with Crippen molar-refractivity contribution in [3.8, 4) is 5.75 Å². The van der Waals surface area contributed by atoms with Gasteiger partial charge in [-0.25, -0.2) is 0 Å². The molecular weight excluding hydrogens is 352 g/mol. The predicted molar refractivity (Wildman–Crippen MR) is 106 cm³/mol. The van der Waals surface area contributed by atoms with Crippen molar-refractivity contribution in [1.82, 2.24) is 20.4 Å². The highest BCUT2D eigenvalue weighted by atomic mass is 35.5. The van der Waals surface area contributed by atoms with E-state index in [1.165, 1.54) is 0 Å². The van der Waals surface area contributed by atoms with Crippen LogP contribution in [0, 0.1) is 6.92 Å². The Morgan fingerprint density at radius 2 is 2.12 bits per heavy atom. The molecule has 2 rings (SSSR count). The molecule has 0 aliphatic heterocycles.